The standard InChI is InChI=1S/C20H34N4O3.ClH/c1-23-19(27)24(18(26)20(23)11-7-4-8-12-20)15-17(25)22-14-13-21-16-9-5-2-3-6-10-16;/h16,21H,2-15H2,1H3,(H,22,25);1H. The summed E-state index contributed by atoms with van der Waals surface area (Å²) >= 11 is 0. The van der Waals surface area contributed by atoms with Crippen LogP contribution in [0.5, 0.6) is 0 Å². The van der Waals surface area contributed by atoms with Crippen LogP contribution in [0.15, 0.2) is 0 Å². The molecule has 28 heavy (non-hydrogen) atoms. The van der Waals surface area contributed by atoms with Crippen molar-refractivity contribution in [2.24, 2.45) is 0 Å². The van der Waals surface area contributed by atoms with Crippen molar-refractivity contribution >= 4 is 30.3 Å². The van der Waals surface area contributed by atoms with Crippen LogP contribution >= 0.6 is 12.4 Å². The number of hydrogen-bond acceptors (Lipinski definition) is 4. The molecule has 0 radical (unpaired) electrons. The summed E-state index contributed by atoms with van der Waals surface area (Å²) in [5.74, 6) is -0.456. The van der Waals surface area contributed by atoms with E-state index in [1.807, 2.05) is 0 Å². The van der Waals surface area contributed by atoms with Crippen molar-refractivity contribution in [1.82, 2.24) is 20.4 Å². The molecule has 0 aromatic heterocycles. The first-order valence-electron chi connectivity index (χ1n) is 10.6. The Morgan fingerprint density at radius 2 is 1.61 bits per heavy atom. The van der Waals surface area contributed by atoms with Crippen LogP contribution in [0.3, 0.4) is 0 Å². The maximum absolute atomic E-state index is 12.9. The minimum absolute atomic E-state index is 0. The highest BCUT2D eigenvalue weighted by atomic mass is 35.5. The minimum atomic E-state index is -0.712. The molecule has 2 saturated carbocycles. The van der Waals surface area contributed by atoms with E-state index in [4.69, 9.17) is 0 Å². The lowest BCUT2D eigenvalue weighted by Crippen LogP contribution is -2.49. The van der Waals surface area contributed by atoms with E-state index in [-0.39, 0.29) is 36.8 Å². The van der Waals surface area contributed by atoms with Crippen LogP contribution in [-0.4, -0.2) is 65.9 Å². The number of nitrogens with zero attached hydrogens (tertiary/aromatic N) is 2. The van der Waals surface area contributed by atoms with Crippen molar-refractivity contribution in [3.05, 3.63) is 0 Å². The number of imide groups is 1. The molecule has 8 heteroatoms. The predicted octanol–water partition coefficient (Wildman–Crippen LogP) is 2.43. The van der Waals surface area contributed by atoms with Crippen LogP contribution in [0, 0.1) is 0 Å². The van der Waals surface area contributed by atoms with E-state index in [0.29, 0.717) is 25.4 Å². The second-order valence-corrected chi connectivity index (χ2v) is 8.32. The average molecular weight is 415 g/mol. The minimum Gasteiger partial charge on any atom is -0.353 e. The summed E-state index contributed by atoms with van der Waals surface area (Å²) < 4.78 is 0. The molecule has 0 aromatic rings. The number of urea groups is 1. The molecule has 7 nitrogen and oxygen atoms in total. The first kappa shape index (κ1) is 22.9. The van der Waals surface area contributed by atoms with Gasteiger partial charge in [-0.2, -0.15) is 0 Å². The van der Waals surface area contributed by atoms with Gasteiger partial charge in [0.2, 0.25) is 5.91 Å². The van der Waals surface area contributed by atoms with E-state index in [2.05, 4.69) is 10.6 Å². The number of amides is 4. The summed E-state index contributed by atoms with van der Waals surface area (Å²) in [7, 11) is 1.69. The van der Waals surface area contributed by atoms with Crippen LogP contribution in [-0.2, 0) is 9.59 Å². The van der Waals surface area contributed by atoms with Crippen LogP contribution in [0.4, 0.5) is 4.79 Å². The highest BCUT2D eigenvalue weighted by Crippen LogP contribution is 2.39. The highest BCUT2D eigenvalue weighted by molar-refractivity contribution is 6.08. The van der Waals surface area contributed by atoms with E-state index >= 15 is 0 Å². The summed E-state index contributed by atoms with van der Waals surface area (Å²) in [5, 5.41) is 6.36. The highest BCUT2D eigenvalue weighted by Gasteiger charge is 2.55. The van der Waals surface area contributed by atoms with Gasteiger partial charge in [0.05, 0.1) is 0 Å². The molecule has 3 aliphatic rings. The van der Waals surface area contributed by atoms with E-state index in [1.165, 1.54) is 38.5 Å². The molecular formula is C20H35ClN4O3. The lowest BCUT2D eigenvalue weighted by molar-refractivity contribution is -0.137. The molecule has 3 fully saturated rings. The molecule has 0 aromatic carbocycles. The second kappa shape index (κ2) is 10.4. The normalized spacial score (nSPS) is 22.9. The van der Waals surface area contributed by atoms with Crippen LogP contribution in [0.25, 0.3) is 0 Å². The van der Waals surface area contributed by atoms with E-state index in [9.17, 15) is 14.4 Å². The van der Waals surface area contributed by atoms with E-state index in [1.54, 1.807) is 11.9 Å². The fourth-order valence-corrected chi connectivity index (χ4v) is 4.83. The molecule has 1 heterocycles. The number of carbonyl (C=O) groups excluding carboxylic acids is 3. The van der Waals surface area contributed by atoms with Crippen molar-refractivity contribution in [1.29, 1.82) is 0 Å². The van der Waals surface area contributed by atoms with Gasteiger partial charge in [-0.15, -0.1) is 12.4 Å². The molecule has 1 aliphatic heterocycles. The summed E-state index contributed by atoms with van der Waals surface area (Å²) in [6, 6.07) is 0.208. The van der Waals surface area contributed by atoms with Gasteiger partial charge in [-0.1, -0.05) is 44.9 Å². The molecule has 3 rings (SSSR count). The molecule has 0 bridgehead atoms. The Labute approximate surface area is 174 Å². The monoisotopic (exact) mass is 414 g/mol. The Bertz CT molecular complexity index is 558. The topological polar surface area (TPSA) is 81.8 Å². The van der Waals surface area contributed by atoms with Gasteiger partial charge >= 0.3 is 6.03 Å². The van der Waals surface area contributed by atoms with E-state index in [0.717, 1.165) is 30.7 Å². The Morgan fingerprint density at radius 3 is 2.25 bits per heavy atom. The molecule has 160 valence electrons. The fourth-order valence-electron chi connectivity index (χ4n) is 4.83. The van der Waals surface area contributed by atoms with Gasteiger partial charge in [0.15, 0.2) is 0 Å². The molecule has 4 amide bonds. The largest absolute Gasteiger partial charge is 0.353 e. The first-order chi connectivity index (χ1) is 13.0. The summed E-state index contributed by atoms with van der Waals surface area (Å²) in [4.78, 5) is 40.4. The Hall–Kier alpha value is -1.34. The fraction of sp³-hybridized carbons (Fsp3) is 0.850. The third-order valence-corrected chi connectivity index (χ3v) is 6.52. The molecule has 0 unspecified atom stereocenters. The van der Waals surface area contributed by atoms with Crippen molar-refractivity contribution in [3.8, 4) is 0 Å². The third kappa shape index (κ3) is 4.98. The SMILES string of the molecule is CN1C(=O)N(CC(=O)NCCNC2CCCCCC2)C(=O)C12CCCCC2.Cl. The Morgan fingerprint density at radius 1 is 1.00 bits per heavy atom. The van der Waals surface area contributed by atoms with Crippen molar-refractivity contribution in [2.45, 2.75) is 82.2 Å². The molecule has 2 aliphatic carbocycles. The second-order valence-electron chi connectivity index (χ2n) is 8.32. The number of rotatable bonds is 6. The number of hydrogen-bond donors (Lipinski definition) is 2. The molecule has 2 N–H and O–H groups in total. The van der Waals surface area contributed by atoms with Crippen molar-refractivity contribution in [2.75, 3.05) is 26.7 Å². The maximum Gasteiger partial charge on any atom is 0.327 e. The zero-order valence-corrected chi connectivity index (χ0v) is 17.8. The zero-order valence-electron chi connectivity index (χ0n) is 17.0. The Kier molecular flexibility index (Phi) is 8.56. The predicted molar refractivity (Wildman–Crippen MR) is 110 cm³/mol. The van der Waals surface area contributed by atoms with Crippen LogP contribution in [0.2, 0.25) is 0 Å². The van der Waals surface area contributed by atoms with Gasteiger partial charge in [-0.05, 0) is 25.7 Å². The van der Waals surface area contributed by atoms with Gasteiger partial charge < -0.3 is 15.5 Å². The van der Waals surface area contributed by atoms with Gasteiger partial charge in [0.25, 0.3) is 5.91 Å². The zero-order chi connectivity index (χ0) is 19.3. The average Bonchev–Trinajstić information content (AvgIpc) is 2.91. The van der Waals surface area contributed by atoms with Gasteiger partial charge in [0.1, 0.15) is 12.1 Å². The first-order valence-corrected chi connectivity index (χ1v) is 10.6. The van der Waals surface area contributed by atoms with Crippen molar-refractivity contribution < 1.29 is 14.4 Å². The number of likely N-dealkylation sites (N-methyl/N-ethyl adjacent to an activating group) is 1. The molecular weight excluding hydrogens is 380 g/mol. The van der Waals surface area contributed by atoms with Crippen LogP contribution < -0.4 is 10.6 Å². The number of carbonyl (C=O) groups is 3. The quantitative estimate of drug-likeness (QED) is 0.397. The molecule has 0 atom stereocenters. The molecule has 1 spiro atoms. The van der Waals surface area contributed by atoms with Gasteiger partial charge in [0, 0.05) is 26.2 Å². The molecule has 1 saturated heterocycles. The third-order valence-electron chi connectivity index (χ3n) is 6.52. The van der Waals surface area contributed by atoms with E-state index < -0.39 is 5.54 Å². The summed E-state index contributed by atoms with van der Waals surface area (Å²) in [6.07, 6.45) is 12.0. The van der Waals surface area contributed by atoms with Crippen molar-refractivity contribution in [3.63, 3.8) is 0 Å². The lowest BCUT2D eigenvalue weighted by atomic mass is 9.81. The number of nitrogens with one attached hydrogen (secondary N) is 2. The maximum atomic E-state index is 12.9. The number of halogens is 1. The smallest absolute Gasteiger partial charge is 0.327 e. The van der Waals surface area contributed by atoms with Gasteiger partial charge in [-0.25, -0.2) is 4.79 Å². The van der Waals surface area contributed by atoms with Gasteiger partial charge in [-0.3, -0.25) is 14.5 Å². The lowest BCUT2D eigenvalue weighted by Gasteiger charge is -2.35. The summed E-state index contributed by atoms with van der Waals surface area (Å²) in [5.41, 5.74) is -0.712. The Balaban J connectivity index is 0.00000280. The van der Waals surface area contributed by atoms with Crippen LogP contribution in [0.1, 0.15) is 70.6 Å². The summed E-state index contributed by atoms with van der Waals surface area (Å²) in [6.45, 7) is 1.07.